The lowest BCUT2D eigenvalue weighted by atomic mass is 9.83. The molecule has 4 N–H and O–H groups in total. The largest absolute Gasteiger partial charge is 0.385 e. The molecular weight excluding hydrogens is 302 g/mol. The molecule has 1 aliphatic rings. The molecular formula is C17H32F2N2O2. The zero-order valence-corrected chi connectivity index (χ0v) is 14.4. The van der Waals surface area contributed by atoms with Gasteiger partial charge in [-0.15, -0.1) is 0 Å². The van der Waals surface area contributed by atoms with E-state index in [0.717, 1.165) is 25.7 Å². The highest BCUT2D eigenvalue weighted by Gasteiger charge is 2.42. The second-order valence-corrected chi connectivity index (χ2v) is 7.32. The Hall–Kier alpha value is -0.750. The Balaban J connectivity index is 2.38. The maximum atomic E-state index is 14.0. The van der Waals surface area contributed by atoms with Gasteiger partial charge in [0.05, 0.1) is 6.54 Å². The van der Waals surface area contributed by atoms with Crippen molar-refractivity contribution in [3.63, 3.8) is 0 Å². The van der Waals surface area contributed by atoms with Crippen molar-refractivity contribution in [2.45, 2.75) is 83.3 Å². The molecule has 6 heteroatoms. The van der Waals surface area contributed by atoms with Gasteiger partial charge in [0.25, 0.3) is 5.92 Å². The van der Waals surface area contributed by atoms with Crippen molar-refractivity contribution < 1.29 is 18.7 Å². The molecule has 1 aliphatic carbocycles. The monoisotopic (exact) mass is 334 g/mol. The number of hydrogen-bond donors (Lipinski definition) is 3. The first-order valence-corrected chi connectivity index (χ1v) is 8.80. The maximum absolute atomic E-state index is 14.0. The molecule has 1 rings (SSSR count). The summed E-state index contributed by atoms with van der Waals surface area (Å²) < 4.78 is 28.1. The molecule has 0 bridgehead atoms. The third-order valence-electron chi connectivity index (χ3n) is 4.64. The number of carbonyl (C=O) groups is 1. The van der Waals surface area contributed by atoms with Crippen molar-refractivity contribution >= 4 is 5.91 Å². The van der Waals surface area contributed by atoms with Crippen LogP contribution in [0.15, 0.2) is 0 Å². The number of nitrogens with two attached hydrogens (primary N) is 1. The lowest BCUT2D eigenvalue weighted by Gasteiger charge is -2.31. The summed E-state index contributed by atoms with van der Waals surface area (Å²) in [4.78, 5) is 11.5. The Morgan fingerprint density at radius 2 is 1.91 bits per heavy atom. The van der Waals surface area contributed by atoms with E-state index >= 15 is 0 Å². The van der Waals surface area contributed by atoms with Crippen LogP contribution in [0.1, 0.15) is 65.2 Å². The van der Waals surface area contributed by atoms with Crippen LogP contribution in [-0.4, -0.2) is 35.6 Å². The summed E-state index contributed by atoms with van der Waals surface area (Å²) >= 11 is 0. The van der Waals surface area contributed by atoms with Gasteiger partial charge >= 0.3 is 0 Å². The van der Waals surface area contributed by atoms with Crippen molar-refractivity contribution in [3.8, 4) is 0 Å². The van der Waals surface area contributed by atoms with E-state index in [1.54, 1.807) is 0 Å². The number of halogens is 2. The predicted octanol–water partition coefficient (Wildman–Crippen LogP) is 2.83. The summed E-state index contributed by atoms with van der Waals surface area (Å²) in [5, 5.41) is 12.1. The molecule has 0 aliphatic heterocycles. The smallest absolute Gasteiger partial charge is 0.291 e. The van der Waals surface area contributed by atoms with Crippen molar-refractivity contribution in [3.05, 3.63) is 0 Å². The standard InChI is InChI=1S/C17H32F2N2O2/c1-12(2)8-9-15(22)21-11-17(18,19)16(23)14(20)10-13-6-4-3-5-7-13/h12-14,16,23H,3-11,20H2,1-2H3,(H,21,22). The summed E-state index contributed by atoms with van der Waals surface area (Å²) in [5.74, 6) is -3.14. The van der Waals surface area contributed by atoms with E-state index < -0.39 is 30.5 Å². The van der Waals surface area contributed by atoms with Gasteiger partial charge in [-0.05, 0) is 24.7 Å². The molecule has 0 radical (unpaired) electrons. The first-order valence-electron chi connectivity index (χ1n) is 8.80. The van der Waals surface area contributed by atoms with Crippen LogP contribution in [0.5, 0.6) is 0 Å². The Bertz CT molecular complexity index is 359. The Morgan fingerprint density at radius 3 is 2.48 bits per heavy atom. The fourth-order valence-electron chi connectivity index (χ4n) is 3.08. The van der Waals surface area contributed by atoms with Crippen molar-refractivity contribution in [2.24, 2.45) is 17.6 Å². The van der Waals surface area contributed by atoms with Gasteiger partial charge in [0.2, 0.25) is 5.91 Å². The number of aliphatic hydroxyl groups is 1. The third kappa shape index (κ3) is 7.57. The molecule has 2 unspecified atom stereocenters. The number of hydrogen-bond acceptors (Lipinski definition) is 3. The van der Waals surface area contributed by atoms with Gasteiger partial charge in [-0.2, -0.15) is 0 Å². The Kier molecular flexibility index (Phi) is 8.40. The lowest BCUT2D eigenvalue weighted by Crippen LogP contribution is -2.53. The molecule has 136 valence electrons. The number of aliphatic hydroxyl groups excluding tert-OH is 1. The molecule has 0 heterocycles. The molecule has 1 amide bonds. The number of nitrogens with one attached hydrogen (secondary N) is 1. The van der Waals surface area contributed by atoms with E-state index in [1.165, 1.54) is 6.42 Å². The first-order chi connectivity index (χ1) is 10.7. The second kappa shape index (κ2) is 9.52. The molecule has 1 saturated carbocycles. The van der Waals surface area contributed by atoms with E-state index in [-0.39, 0.29) is 6.42 Å². The summed E-state index contributed by atoms with van der Waals surface area (Å²) in [5.41, 5.74) is 5.80. The van der Waals surface area contributed by atoms with Gasteiger partial charge in [0.1, 0.15) is 6.10 Å². The van der Waals surface area contributed by atoms with Crippen LogP contribution >= 0.6 is 0 Å². The second-order valence-electron chi connectivity index (χ2n) is 7.32. The average Bonchev–Trinajstić information content (AvgIpc) is 2.51. The predicted molar refractivity (Wildman–Crippen MR) is 87.2 cm³/mol. The lowest BCUT2D eigenvalue weighted by molar-refractivity contribution is -0.132. The van der Waals surface area contributed by atoms with Gasteiger partial charge in [0, 0.05) is 12.5 Å². The van der Waals surface area contributed by atoms with E-state index in [1.807, 2.05) is 13.8 Å². The molecule has 0 aromatic heterocycles. The van der Waals surface area contributed by atoms with Crippen LogP contribution in [0.25, 0.3) is 0 Å². The maximum Gasteiger partial charge on any atom is 0.291 e. The van der Waals surface area contributed by atoms with Crippen LogP contribution < -0.4 is 11.1 Å². The van der Waals surface area contributed by atoms with Crippen LogP contribution in [0.4, 0.5) is 8.78 Å². The number of rotatable bonds is 9. The molecule has 0 aromatic rings. The Labute approximate surface area is 138 Å². The van der Waals surface area contributed by atoms with Crippen LogP contribution in [0.2, 0.25) is 0 Å². The first kappa shape index (κ1) is 20.3. The summed E-state index contributed by atoms with van der Waals surface area (Å²) in [6, 6.07) is -0.958. The minimum atomic E-state index is -3.40. The van der Waals surface area contributed by atoms with Crippen LogP contribution in [0.3, 0.4) is 0 Å². The summed E-state index contributed by atoms with van der Waals surface area (Å²) in [6.07, 6.45) is 4.76. The zero-order valence-electron chi connectivity index (χ0n) is 14.4. The van der Waals surface area contributed by atoms with Crippen LogP contribution in [-0.2, 0) is 4.79 Å². The van der Waals surface area contributed by atoms with Gasteiger partial charge in [-0.25, -0.2) is 8.78 Å². The van der Waals surface area contributed by atoms with Crippen molar-refractivity contribution in [1.29, 1.82) is 0 Å². The number of alkyl halides is 2. The zero-order chi connectivity index (χ0) is 17.5. The normalized spacial score (nSPS) is 19.6. The molecule has 0 aromatic carbocycles. The highest BCUT2D eigenvalue weighted by molar-refractivity contribution is 5.75. The van der Waals surface area contributed by atoms with Crippen molar-refractivity contribution in [1.82, 2.24) is 5.32 Å². The summed E-state index contributed by atoms with van der Waals surface area (Å²) in [7, 11) is 0. The third-order valence-corrected chi connectivity index (χ3v) is 4.64. The molecule has 23 heavy (non-hydrogen) atoms. The number of amides is 1. The van der Waals surface area contributed by atoms with Crippen LogP contribution in [0, 0.1) is 11.8 Å². The molecule has 0 saturated heterocycles. The molecule has 1 fully saturated rings. The highest BCUT2D eigenvalue weighted by Crippen LogP contribution is 2.30. The topological polar surface area (TPSA) is 75.3 Å². The quantitative estimate of drug-likeness (QED) is 0.607. The highest BCUT2D eigenvalue weighted by atomic mass is 19.3. The van der Waals surface area contributed by atoms with Gasteiger partial charge < -0.3 is 16.2 Å². The van der Waals surface area contributed by atoms with E-state index in [0.29, 0.717) is 24.7 Å². The molecule has 0 spiro atoms. The van der Waals surface area contributed by atoms with Crippen molar-refractivity contribution in [2.75, 3.05) is 6.54 Å². The minimum absolute atomic E-state index is 0.220. The van der Waals surface area contributed by atoms with Gasteiger partial charge in [-0.1, -0.05) is 46.0 Å². The Morgan fingerprint density at radius 1 is 1.30 bits per heavy atom. The van der Waals surface area contributed by atoms with E-state index in [2.05, 4.69) is 5.32 Å². The van der Waals surface area contributed by atoms with Gasteiger partial charge in [-0.3, -0.25) is 4.79 Å². The molecule has 4 nitrogen and oxygen atoms in total. The molecule has 2 atom stereocenters. The van der Waals surface area contributed by atoms with E-state index in [4.69, 9.17) is 5.73 Å². The fourth-order valence-corrected chi connectivity index (χ4v) is 3.08. The van der Waals surface area contributed by atoms with E-state index in [9.17, 15) is 18.7 Å². The number of carbonyl (C=O) groups excluding carboxylic acids is 1. The minimum Gasteiger partial charge on any atom is -0.385 e. The SMILES string of the molecule is CC(C)CCC(=O)NCC(F)(F)C(O)C(N)CC1CCCCC1. The summed E-state index contributed by atoms with van der Waals surface area (Å²) in [6.45, 7) is 3.08. The fraction of sp³-hybridized carbons (Fsp3) is 0.941. The van der Waals surface area contributed by atoms with Gasteiger partial charge in [0.15, 0.2) is 0 Å². The average molecular weight is 334 g/mol.